The van der Waals surface area contributed by atoms with Crippen LogP contribution in [0.25, 0.3) is 0 Å². The van der Waals surface area contributed by atoms with Crippen LogP contribution >= 0.6 is 0 Å². The maximum Gasteiger partial charge on any atom is 0.297 e. The Balaban J connectivity index is 2.36. The molecule has 2 aliphatic heterocycles. The highest BCUT2D eigenvalue weighted by atomic mass is 16.2. The molecule has 0 radical (unpaired) electrons. The van der Waals surface area contributed by atoms with Gasteiger partial charge >= 0.3 is 0 Å². The van der Waals surface area contributed by atoms with E-state index in [0.29, 0.717) is 19.4 Å². The van der Waals surface area contributed by atoms with Crippen molar-refractivity contribution in [1.29, 1.82) is 0 Å². The van der Waals surface area contributed by atoms with Crippen LogP contribution in [-0.2, 0) is 19.2 Å². The molecule has 0 bridgehead atoms. The Labute approximate surface area is 130 Å². The zero-order valence-corrected chi connectivity index (χ0v) is 13.7. The first-order valence-corrected chi connectivity index (χ1v) is 7.97. The number of hydrogen-bond donors (Lipinski definition) is 0. The first-order chi connectivity index (χ1) is 10.3. The summed E-state index contributed by atoms with van der Waals surface area (Å²) in [5.41, 5.74) is 0. The molecule has 3 amide bonds. The number of Topliss-reactive ketones (excluding diaryl/α,β-unsaturated/α-hetero) is 1. The van der Waals surface area contributed by atoms with Crippen molar-refractivity contribution in [1.82, 2.24) is 9.80 Å². The van der Waals surface area contributed by atoms with Crippen LogP contribution in [-0.4, -0.2) is 51.9 Å². The van der Waals surface area contributed by atoms with Gasteiger partial charge in [-0.1, -0.05) is 27.7 Å². The Bertz CT molecular complexity index is 512. The highest BCUT2D eigenvalue weighted by molar-refractivity contribution is 6.40. The molecule has 0 spiro atoms. The van der Waals surface area contributed by atoms with Crippen molar-refractivity contribution in [3.05, 3.63) is 0 Å². The number of fused-ring (bicyclic) bond motifs is 1. The van der Waals surface area contributed by atoms with Gasteiger partial charge in [-0.3, -0.25) is 24.1 Å². The molecule has 0 N–H and O–H groups in total. The van der Waals surface area contributed by atoms with E-state index < -0.39 is 29.7 Å². The molecular weight excluding hydrogens is 284 g/mol. The molecule has 2 saturated heterocycles. The van der Waals surface area contributed by atoms with E-state index in [0.717, 1.165) is 11.3 Å². The average Bonchev–Trinajstić information content (AvgIpc) is 2.92. The molecule has 2 heterocycles. The fraction of sp³-hybridized carbons (Fsp3) is 0.750. The maximum absolute atomic E-state index is 12.7. The average molecular weight is 308 g/mol. The molecule has 122 valence electrons. The van der Waals surface area contributed by atoms with E-state index in [2.05, 4.69) is 0 Å². The Morgan fingerprint density at radius 1 is 1.14 bits per heavy atom. The third-order valence-electron chi connectivity index (χ3n) is 4.30. The highest BCUT2D eigenvalue weighted by Crippen LogP contribution is 2.30. The van der Waals surface area contributed by atoms with Crippen LogP contribution in [0.15, 0.2) is 0 Å². The van der Waals surface area contributed by atoms with Crippen molar-refractivity contribution in [3.8, 4) is 0 Å². The fourth-order valence-corrected chi connectivity index (χ4v) is 3.16. The molecule has 22 heavy (non-hydrogen) atoms. The van der Waals surface area contributed by atoms with Gasteiger partial charge in [0.25, 0.3) is 11.8 Å². The first kappa shape index (κ1) is 16.6. The second-order valence-corrected chi connectivity index (χ2v) is 6.87. The molecule has 2 rings (SSSR count). The van der Waals surface area contributed by atoms with E-state index in [1.165, 1.54) is 0 Å². The van der Waals surface area contributed by atoms with Gasteiger partial charge in [-0.25, -0.2) is 0 Å². The largest absolute Gasteiger partial charge is 0.329 e. The third-order valence-corrected chi connectivity index (χ3v) is 4.30. The van der Waals surface area contributed by atoms with Crippen molar-refractivity contribution in [2.24, 2.45) is 11.8 Å². The fourth-order valence-electron chi connectivity index (χ4n) is 3.16. The first-order valence-electron chi connectivity index (χ1n) is 7.97. The van der Waals surface area contributed by atoms with Gasteiger partial charge < -0.3 is 4.90 Å². The number of imide groups is 1. The van der Waals surface area contributed by atoms with Crippen LogP contribution in [0.5, 0.6) is 0 Å². The summed E-state index contributed by atoms with van der Waals surface area (Å²) >= 11 is 0. The predicted octanol–water partition coefficient (Wildman–Crippen LogP) is 0.986. The Kier molecular flexibility index (Phi) is 4.68. The molecule has 0 aromatic rings. The van der Waals surface area contributed by atoms with E-state index in [4.69, 9.17) is 0 Å². The third kappa shape index (κ3) is 2.78. The molecule has 6 heteroatoms. The van der Waals surface area contributed by atoms with Crippen LogP contribution in [0.2, 0.25) is 0 Å². The summed E-state index contributed by atoms with van der Waals surface area (Å²) in [4.78, 5) is 52.4. The van der Waals surface area contributed by atoms with Gasteiger partial charge in [0, 0.05) is 12.5 Å². The number of rotatable bonds is 4. The molecular formula is C16H24N2O4. The van der Waals surface area contributed by atoms with Gasteiger partial charge in [-0.15, -0.1) is 0 Å². The van der Waals surface area contributed by atoms with E-state index in [9.17, 15) is 19.2 Å². The van der Waals surface area contributed by atoms with Gasteiger partial charge in [-0.2, -0.15) is 0 Å². The molecule has 2 atom stereocenters. The van der Waals surface area contributed by atoms with Crippen LogP contribution < -0.4 is 0 Å². The normalized spacial score (nSPS) is 25.2. The van der Waals surface area contributed by atoms with Crippen LogP contribution in [0.4, 0.5) is 0 Å². The minimum atomic E-state index is -0.836. The lowest BCUT2D eigenvalue weighted by atomic mass is 9.95. The number of carbonyl (C=O) groups excluding carboxylic acids is 4. The van der Waals surface area contributed by atoms with E-state index in [1.54, 1.807) is 18.7 Å². The van der Waals surface area contributed by atoms with Crippen molar-refractivity contribution >= 4 is 23.5 Å². The SMILES string of the molecule is CC(C)CC1C(=O)N2CCCC2C(=O)N1C(=O)C(=O)C(C)C. The lowest BCUT2D eigenvalue weighted by molar-refractivity contribution is -0.168. The van der Waals surface area contributed by atoms with Crippen molar-refractivity contribution < 1.29 is 19.2 Å². The lowest BCUT2D eigenvalue weighted by Crippen LogP contribution is -2.65. The van der Waals surface area contributed by atoms with Crippen molar-refractivity contribution in [2.45, 2.75) is 59.0 Å². The lowest BCUT2D eigenvalue weighted by Gasteiger charge is -2.41. The molecule has 0 aromatic heterocycles. The summed E-state index contributed by atoms with van der Waals surface area (Å²) in [6.07, 6.45) is 1.72. The van der Waals surface area contributed by atoms with Gasteiger partial charge in [-0.05, 0) is 25.2 Å². The molecule has 2 unspecified atom stereocenters. The Hall–Kier alpha value is -1.72. The summed E-state index contributed by atoms with van der Waals surface area (Å²) in [7, 11) is 0. The summed E-state index contributed by atoms with van der Waals surface area (Å²) in [6, 6.07) is -1.41. The van der Waals surface area contributed by atoms with Gasteiger partial charge in [0.15, 0.2) is 0 Å². The van der Waals surface area contributed by atoms with Gasteiger partial charge in [0.05, 0.1) is 0 Å². The second-order valence-electron chi connectivity index (χ2n) is 6.87. The smallest absolute Gasteiger partial charge is 0.297 e. The Morgan fingerprint density at radius 2 is 1.77 bits per heavy atom. The van der Waals surface area contributed by atoms with Gasteiger partial charge in [0.2, 0.25) is 11.7 Å². The number of hydrogen-bond acceptors (Lipinski definition) is 4. The minimum absolute atomic E-state index is 0.144. The number of amides is 3. The number of piperazine rings is 1. The molecule has 0 saturated carbocycles. The summed E-state index contributed by atoms with van der Waals surface area (Å²) in [5, 5.41) is 0. The molecule has 0 aromatic carbocycles. The maximum atomic E-state index is 12.7. The topological polar surface area (TPSA) is 74.8 Å². The monoisotopic (exact) mass is 308 g/mol. The second kappa shape index (κ2) is 6.18. The van der Waals surface area contributed by atoms with Crippen LogP contribution in [0, 0.1) is 11.8 Å². The number of nitrogens with zero attached hydrogens (tertiary/aromatic N) is 2. The number of carbonyl (C=O) groups is 4. The van der Waals surface area contributed by atoms with E-state index in [-0.39, 0.29) is 17.7 Å². The molecule has 2 aliphatic rings. The van der Waals surface area contributed by atoms with Crippen molar-refractivity contribution in [2.75, 3.05) is 6.54 Å². The van der Waals surface area contributed by atoms with Gasteiger partial charge in [0.1, 0.15) is 12.1 Å². The quantitative estimate of drug-likeness (QED) is 0.726. The van der Waals surface area contributed by atoms with Crippen molar-refractivity contribution in [3.63, 3.8) is 0 Å². The van der Waals surface area contributed by atoms with Crippen LogP contribution in [0.3, 0.4) is 0 Å². The Morgan fingerprint density at radius 3 is 2.32 bits per heavy atom. The van der Waals surface area contributed by atoms with Crippen LogP contribution in [0.1, 0.15) is 47.0 Å². The minimum Gasteiger partial charge on any atom is -0.329 e. The number of ketones is 1. The predicted molar refractivity (Wildman–Crippen MR) is 79.7 cm³/mol. The zero-order chi connectivity index (χ0) is 16.6. The standard InChI is InChI=1S/C16H24N2O4/c1-9(2)8-12-14(20)17-7-5-6-11(17)15(21)18(12)16(22)13(19)10(3)4/h9-12H,5-8H2,1-4H3. The summed E-state index contributed by atoms with van der Waals surface area (Å²) in [6.45, 7) is 7.66. The zero-order valence-electron chi connectivity index (χ0n) is 13.7. The van der Waals surface area contributed by atoms with E-state index in [1.807, 2.05) is 13.8 Å². The highest BCUT2D eigenvalue weighted by Gasteiger charge is 2.51. The molecule has 2 fully saturated rings. The molecule has 0 aliphatic carbocycles. The summed E-state index contributed by atoms with van der Waals surface area (Å²) in [5.74, 6) is -2.36. The summed E-state index contributed by atoms with van der Waals surface area (Å²) < 4.78 is 0. The van der Waals surface area contributed by atoms with E-state index >= 15 is 0 Å². The molecule has 6 nitrogen and oxygen atoms in total.